The molecule has 2 aromatic carbocycles. The Labute approximate surface area is 166 Å². The molecule has 0 aliphatic rings. The Balaban J connectivity index is 1.84. The van der Waals surface area contributed by atoms with Crippen LogP contribution in [0.15, 0.2) is 48.7 Å². The lowest BCUT2D eigenvalue weighted by Gasteiger charge is -2.14. The third-order valence-corrected chi connectivity index (χ3v) is 5.01. The molecule has 0 aliphatic heterocycles. The maximum Gasteiger partial charge on any atom is 0.305 e. The van der Waals surface area contributed by atoms with Crippen LogP contribution >= 0.6 is 0 Å². The van der Waals surface area contributed by atoms with Crippen LogP contribution in [-0.4, -0.2) is 24.7 Å². The highest BCUT2D eigenvalue weighted by Crippen LogP contribution is 2.33. The molecule has 3 rings (SSSR count). The maximum atomic E-state index is 11.5. The molecule has 0 unspecified atom stereocenters. The quantitative estimate of drug-likeness (QED) is 0.352. The van der Waals surface area contributed by atoms with Gasteiger partial charge in [-0.25, -0.2) is 0 Å². The van der Waals surface area contributed by atoms with Gasteiger partial charge in [0.25, 0.3) is 0 Å². The molecular weight excluding hydrogens is 350 g/mol. The molecule has 0 bridgehead atoms. The van der Waals surface area contributed by atoms with Crippen LogP contribution in [0, 0.1) is 0 Å². The summed E-state index contributed by atoms with van der Waals surface area (Å²) >= 11 is 0. The topological polar surface area (TPSA) is 51.3 Å². The van der Waals surface area contributed by atoms with E-state index in [4.69, 9.17) is 9.47 Å². The Morgan fingerprint density at radius 2 is 1.93 bits per heavy atom. The minimum atomic E-state index is -0.188. The first-order valence-electron chi connectivity index (χ1n) is 10.1. The van der Waals surface area contributed by atoms with E-state index < -0.39 is 0 Å². The van der Waals surface area contributed by atoms with Crippen LogP contribution in [0.1, 0.15) is 44.6 Å². The van der Waals surface area contributed by atoms with Gasteiger partial charge in [-0.05, 0) is 59.7 Å². The van der Waals surface area contributed by atoms with Crippen molar-refractivity contribution in [3.63, 3.8) is 0 Å². The first-order chi connectivity index (χ1) is 13.7. The van der Waals surface area contributed by atoms with Gasteiger partial charge in [-0.1, -0.05) is 38.3 Å². The van der Waals surface area contributed by atoms with E-state index in [1.54, 1.807) is 0 Å². The molecule has 0 amide bonds. The SMILES string of the molecule is CCCCCCOc1ccc(CCC(=O)OC)cc1-c1ccc2[nH]ccc2c1. The molecule has 0 saturated carbocycles. The van der Waals surface area contributed by atoms with Gasteiger partial charge in [0.1, 0.15) is 5.75 Å². The van der Waals surface area contributed by atoms with Crippen LogP contribution in [0.5, 0.6) is 5.75 Å². The van der Waals surface area contributed by atoms with E-state index in [1.807, 2.05) is 18.3 Å². The molecule has 28 heavy (non-hydrogen) atoms. The van der Waals surface area contributed by atoms with Gasteiger partial charge in [0.15, 0.2) is 0 Å². The van der Waals surface area contributed by atoms with Crippen molar-refractivity contribution in [3.8, 4) is 16.9 Å². The number of unbranched alkanes of at least 4 members (excludes halogenated alkanes) is 3. The van der Waals surface area contributed by atoms with Gasteiger partial charge >= 0.3 is 5.97 Å². The first kappa shape index (κ1) is 20.0. The van der Waals surface area contributed by atoms with Gasteiger partial charge in [-0.3, -0.25) is 4.79 Å². The second-order valence-corrected chi connectivity index (χ2v) is 7.10. The van der Waals surface area contributed by atoms with E-state index in [0.29, 0.717) is 12.8 Å². The molecular formula is C24H29NO3. The van der Waals surface area contributed by atoms with E-state index in [2.05, 4.69) is 42.2 Å². The van der Waals surface area contributed by atoms with E-state index in [9.17, 15) is 4.79 Å². The summed E-state index contributed by atoms with van der Waals surface area (Å²) in [6, 6.07) is 14.7. The Hall–Kier alpha value is -2.75. The molecule has 4 nitrogen and oxygen atoms in total. The molecule has 1 aromatic heterocycles. The zero-order valence-corrected chi connectivity index (χ0v) is 16.8. The van der Waals surface area contributed by atoms with E-state index >= 15 is 0 Å². The summed E-state index contributed by atoms with van der Waals surface area (Å²) in [5, 5.41) is 1.17. The number of H-pyrrole nitrogens is 1. The number of methoxy groups -OCH3 is 1. The molecule has 0 radical (unpaired) electrons. The van der Waals surface area contributed by atoms with Crippen molar-refractivity contribution >= 4 is 16.9 Å². The molecule has 0 fully saturated rings. The Kier molecular flexibility index (Phi) is 7.12. The molecule has 1 heterocycles. The zero-order valence-electron chi connectivity index (χ0n) is 16.8. The molecule has 148 valence electrons. The predicted molar refractivity (Wildman–Crippen MR) is 114 cm³/mol. The second-order valence-electron chi connectivity index (χ2n) is 7.10. The Morgan fingerprint density at radius 3 is 2.75 bits per heavy atom. The summed E-state index contributed by atoms with van der Waals surface area (Å²) in [4.78, 5) is 14.7. The summed E-state index contributed by atoms with van der Waals surface area (Å²) in [5.74, 6) is 0.708. The van der Waals surface area contributed by atoms with Crippen molar-refractivity contribution in [1.82, 2.24) is 4.98 Å². The number of hydrogen-bond acceptors (Lipinski definition) is 3. The lowest BCUT2D eigenvalue weighted by molar-refractivity contribution is -0.140. The number of fused-ring (bicyclic) bond motifs is 1. The fraction of sp³-hybridized carbons (Fsp3) is 0.375. The summed E-state index contributed by atoms with van der Waals surface area (Å²) in [5.41, 5.74) is 4.41. The second kappa shape index (κ2) is 9.98. The van der Waals surface area contributed by atoms with Crippen LogP contribution < -0.4 is 4.74 Å². The lowest BCUT2D eigenvalue weighted by Crippen LogP contribution is -2.03. The van der Waals surface area contributed by atoms with Crippen LogP contribution in [-0.2, 0) is 16.0 Å². The fourth-order valence-corrected chi connectivity index (χ4v) is 3.36. The van der Waals surface area contributed by atoms with Crippen LogP contribution in [0.2, 0.25) is 0 Å². The van der Waals surface area contributed by atoms with Crippen LogP contribution in [0.25, 0.3) is 22.0 Å². The van der Waals surface area contributed by atoms with Crippen molar-refractivity contribution in [2.75, 3.05) is 13.7 Å². The van der Waals surface area contributed by atoms with Gasteiger partial charge in [0.05, 0.1) is 13.7 Å². The van der Waals surface area contributed by atoms with Gasteiger partial charge in [-0.2, -0.15) is 0 Å². The largest absolute Gasteiger partial charge is 0.493 e. The number of aromatic nitrogens is 1. The van der Waals surface area contributed by atoms with Gasteiger partial charge in [-0.15, -0.1) is 0 Å². The van der Waals surface area contributed by atoms with Crippen molar-refractivity contribution < 1.29 is 14.3 Å². The van der Waals surface area contributed by atoms with Gasteiger partial charge < -0.3 is 14.5 Å². The third kappa shape index (κ3) is 5.16. The average molecular weight is 380 g/mol. The summed E-state index contributed by atoms with van der Waals surface area (Å²) in [7, 11) is 1.43. The monoisotopic (exact) mass is 379 g/mol. The molecule has 1 N–H and O–H groups in total. The van der Waals surface area contributed by atoms with Crippen molar-refractivity contribution in [3.05, 3.63) is 54.2 Å². The predicted octanol–water partition coefficient (Wildman–Crippen LogP) is 5.90. The average Bonchev–Trinajstić information content (AvgIpc) is 3.20. The highest BCUT2D eigenvalue weighted by Gasteiger charge is 2.11. The zero-order chi connectivity index (χ0) is 19.8. The number of rotatable bonds is 10. The fourth-order valence-electron chi connectivity index (χ4n) is 3.36. The van der Waals surface area contributed by atoms with Crippen LogP contribution in [0.3, 0.4) is 0 Å². The van der Waals surface area contributed by atoms with Crippen molar-refractivity contribution in [1.29, 1.82) is 0 Å². The number of carbonyl (C=O) groups is 1. The number of benzene rings is 2. The number of nitrogens with one attached hydrogen (secondary N) is 1. The molecule has 0 atom stereocenters. The minimum Gasteiger partial charge on any atom is -0.493 e. The number of hydrogen-bond donors (Lipinski definition) is 1. The first-order valence-corrected chi connectivity index (χ1v) is 10.1. The summed E-state index contributed by atoms with van der Waals surface area (Å²) < 4.78 is 10.9. The van der Waals surface area contributed by atoms with Gasteiger partial charge in [0.2, 0.25) is 0 Å². The van der Waals surface area contributed by atoms with Crippen LogP contribution in [0.4, 0.5) is 0 Å². The molecule has 0 spiro atoms. The van der Waals surface area contributed by atoms with E-state index in [1.165, 1.54) is 31.8 Å². The Bertz CT molecular complexity index is 913. The van der Waals surface area contributed by atoms with Gasteiger partial charge in [0, 0.05) is 23.7 Å². The highest BCUT2D eigenvalue weighted by molar-refractivity contribution is 5.86. The number of aromatic amines is 1. The number of ether oxygens (including phenoxy) is 2. The molecule has 4 heteroatoms. The normalized spacial score (nSPS) is 10.9. The maximum absolute atomic E-state index is 11.5. The number of esters is 1. The molecule has 0 aliphatic carbocycles. The smallest absolute Gasteiger partial charge is 0.305 e. The van der Waals surface area contributed by atoms with E-state index in [-0.39, 0.29) is 5.97 Å². The molecule has 3 aromatic rings. The number of carbonyl (C=O) groups excluding carboxylic acids is 1. The lowest BCUT2D eigenvalue weighted by atomic mass is 9.99. The standard InChI is InChI=1S/C24H29NO3/c1-3-4-5-6-15-28-23-11-7-18(8-12-24(26)27-2)16-21(23)19-9-10-22-20(17-19)13-14-25-22/h7,9-11,13-14,16-17,25H,3-6,8,12,15H2,1-2H3. The third-order valence-electron chi connectivity index (χ3n) is 5.01. The summed E-state index contributed by atoms with van der Waals surface area (Å²) in [6.07, 6.45) is 7.70. The Morgan fingerprint density at radius 1 is 1.04 bits per heavy atom. The highest BCUT2D eigenvalue weighted by atomic mass is 16.5. The minimum absolute atomic E-state index is 0.188. The number of aryl methyl sites for hydroxylation is 1. The van der Waals surface area contributed by atoms with Crippen molar-refractivity contribution in [2.24, 2.45) is 0 Å². The van der Waals surface area contributed by atoms with Crippen molar-refractivity contribution in [2.45, 2.75) is 45.4 Å². The van der Waals surface area contributed by atoms with E-state index in [0.717, 1.165) is 41.0 Å². The molecule has 0 saturated heterocycles. The summed E-state index contributed by atoms with van der Waals surface area (Å²) in [6.45, 7) is 2.93.